The second-order valence-corrected chi connectivity index (χ2v) is 2.63. The molecule has 1 heterocycles. The molecule has 72 valence electrons. The van der Waals surface area contributed by atoms with Crippen LogP contribution in [0, 0.1) is 6.92 Å². The minimum absolute atomic E-state index is 0.0893. The molecular formula is C7H12N4O2. The number of carbonyl (C=O) groups excluding carboxylic acids is 1. The van der Waals surface area contributed by atoms with Crippen molar-refractivity contribution in [3.8, 4) is 0 Å². The van der Waals surface area contributed by atoms with Gasteiger partial charge in [0.15, 0.2) is 0 Å². The summed E-state index contributed by atoms with van der Waals surface area (Å²) in [6, 6.07) is -0.446. The fraction of sp³-hybridized carbons (Fsp3) is 0.571. The first-order valence-corrected chi connectivity index (χ1v) is 4.00. The number of hydrogen-bond donors (Lipinski definition) is 2. The Bertz CT molecular complexity index is 296. The molecule has 0 fully saturated rings. The van der Waals surface area contributed by atoms with Crippen molar-refractivity contribution in [3.63, 3.8) is 0 Å². The zero-order valence-corrected chi connectivity index (χ0v) is 7.57. The van der Waals surface area contributed by atoms with Crippen molar-refractivity contribution in [1.29, 1.82) is 0 Å². The number of anilines is 1. The van der Waals surface area contributed by atoms with Crippen molar-refractivity contribution in [1.82, 2.24) is 10.2 Å². The van der Waals surface area contributed by atoms with E-state index in [1.807, 2.05) is 6.92 Å². The Morgan fingerprint density at radius 1 is 1.69 bits per heavy atom. The third kappa shape index (κ3) is 2.51. The molecular weight excluding hydrogens is 172 g/mol. The van der Waals surface area contributed by atoms with Crippen molar-refractivity contribution in [2.75, 3.05) is 5.32 Å². The summed E-state index contributed by atoms with van der Waals surface area (Å²) in [5, 5.41) is 9.56. The van der Waals surface area contributed by atoms with E-state index in [1.165, 1.54) is 0 Å². The lowest BCUT2D eigenvalue weighted by atomic mass is 10.2. The summed E-state index contributed by atoms with van der Waals surface area (Å²) < 4.78 is 4.94. The lowest BCUT2D eigenvalue weighted by molar-refractivity contribution is -0.117. The minimum atomic E-state index is -0.535. The third-order valence-electron chi connectivity index (χ3n) is 1.53. The second-order valence-electron chi connectivity index (χ2n) is 2.63. The van der Waals surface area contributed by atoms with E-state index in [1.54, 1.807) is 6.92 Å². The van der Waals surface area contributed by atoms with Crippen LogP contribution in [0.4, 0.5) is 6.01 Å². The maximum atomic E-state index is 11.2. The third-order valence-corrected chi connectivity index (χ3v) is 1.53. The average Bonchev–Trinajstić information content (AvgIpc) is 2.49. The molecule has 0 aliphatic rings. The first kappa shape index (κ1) is 9.66. The van der Waals surface area contributed by atoms with Crippen LogP contribution < -0.4 is 11.1 Å². The first-order chi connectivity index (χ1) is 6.13. The van der Waals surface area contributed by atoms with E-state index in [2.05, 4.69) is 15.5 Å². The summed E-state index contributed by atoms with van der Waals surface area (Å²) >= 11 is 0. The van der Waals surface area contributed by atoms with Gasteiger partial charge in [-0.2, -0.15) is 0 Å². The van der Waals surface area contributed by atoms with E-state index in [0.29, 0.717) is 12.3 Å². The zero-order valence-electron chi connectivity index (χ0n) is 7.57. The van der Waals surface area contributed by atoms with Crippen LogP contribution in [-0.4, -0.2) is 22.1 Å². The van der Waals surface area contributed by atoms with E-state index >= 15 is 0 Å². The van der Waals surface area contributed by atoms with Gasteiger partial charge in [0.1, 0.15) is 0 Å². The SMILES string of the molecule is CC[C@@H](N)C(=O)Nc1nnc(C)o1. The first-order valence-electron chi connectivity index (χ1n) is 4.00. The number of amides is 1. The molecule has 0 saturated carbocycles. The second kappa shape index (κ2) is 3.99. The van der Waals surface area contributed by atoms with Crippen LogP contribution in [0.2, 0.25) is 0 Å². The highest BCUT2D eigenvalue weighted by Gasteiger charge is 2.13. The standard InChI is InChI=1S/C7H12N4O2/c1-3-5(8)6(12)9-7-11-10-4(2)13-7/h5H,3,8H2,1-2H3,(H,9,11,12)/t5-/m1/s1. The molecule has 1 aromatic rings. The van der Waals surface area contributed by atoms with Gasteiger partial charge in [-0.25, -0.2) is 0 Å². The highest BCUT2D eigenvalue weighted by atomic mass is 16.4. The van der Waals surface area contributed by atoms with Crippen LogP contribution in [-0.2, 0) is 4.79 Å². The Balaban J connectivity index is 2.54. The van der Waals surface area contributed by atoms with Crippen molar-refractivity contribution in [3.05, 3.63) is 5.89 Å². The van der Waals surface area contributed by atoms with Crippen molar-refractivity contribution < 1.29 is 9.21 Å². The largest absolute Gasteiger partial charge is 0.408 e. The Morgan fingerprint density at radius 2 is 2.38 bits per heavy atom. The Hall–Kier alpha value is -1.43. The normalized spacial score (nSPS) is 12.5. The lowest BCUT2D eigenvalue weighted by Crippen LogP contribution is -2.34. The van der Waals surface area contributed by atoms with E-state index in [9.17, 15) is 4.79 Å². The van der Waals surface area contributed by atoms with Crippen LogP contribution in [0.1, 0.15) is 19.2 Å². The highest BCUT2D eigenvalue weighted by molar-refractivity contribution is 5.92. The zero-order chi connectivity index (χ0) is 9.84. The molecule has 0 unspecified atom stereocenters. The number of aryl methyl sites for hydroxylation is 1. The molecule has 0 radical (unpaired) electrons. The molecule has 0 aliphatic heterocycles. The summed E-state index contributed by atoms with van der Waals surface area (Å²) in [5.74, 6) is 0.0894. The molecule has 1 atom stereocenters. The molecule has 1 amide bonds. The monoisotopic (exact) mass is 184 g/mol. The molecule has 13 heavy (non-hydrogen) atoms. The predicted octanol–water partition coefficient (Wildman–Crippen LogP) is 0.0538. The van der Waals surface area contributed by atoms with Gasteiger partial charge >= 0.3 is 6.01 Å². The van der Waals surface area contributed by atoms with Crippen molar-refractivity contribution >= 4 is 11.9 Å². The molecule has 0 spiro atoms. The molecule has 6 heteroatoms. The van der Waals surface area contributed by atoms with Gasteiger partial charge in [-0.15, -0.1) is 5.10 Å². The van der Waals surface area contributed by atoms with Crippen LogP contribution in [0.25, 0.3) is 0 Å². The lowest BCUT2D eigenvalue weighted by Gasteiger charge is -2.05. The van der Waals surface area contributed by atoms with Gasteiger partial charge in [-0.1, -0.05) is 12.0 Å². The summed E-state index contributed by atoms with van der Waals surface area (Å²) in [6.07, 6.45) is 0.568. The summed E-state index contributed by atoms with van der Waals surface area (Å²) in [4.78, 5) is 11.2. The number of nitrogens with one attached hydrogen (secondary N) is 1. The summed E-state index contributed by atoms with van der Waals surface area (Å²) in [6.45, 7) is 3.46. The maximum absolute atomic E-state index is 11.2. The maximum Gasteiger partial charge on any atom is 0.322 e. The molecule has 0 aliphatic carbocycles. The minimum Gasteiger partial charge on any atom is -0.408 e. The Morgan fingerprint density at radius 3 is 2.85 bits per heavy atom. The van der Waals surface area contributed by atoms with Gasteiger partial charge in [0.05, 0.1) is 6.04 Å². The van der Waals surface area contributed by atoms with Crippen LogP contribution in [0.15, 0.2) is 4.42 Å². The molecule has 1 aromatic heterocycles. The van der Waals surface area contributed by atoms with E-state index in [0.717, 1.165) is 0 Å². The number of rotatable bonds is 3. The van der Waals surface area contributed by atoms with Gasteiger partial charge in [0.2, 0.25) is 11.8 Å². The van der Waals surface area contributed by atoms with Crippen LogP contribution in [0.3, 0.4) is 0 Å². The smallest absolute Gasteiger partial charge is 0.322 e. The Labute approximate surface area is 75.5 Å². The Kier molecular flexibility index (Phi) is 2.97. The van der Waals surface area contributed by atoms with E-state index in [4.69, 9.17) is 10.2 Å². The number of aromatic nitrogens is 2. The predicted molar refractivity (Wildman–Crippen MR) is 45.9 cm³/mol. The number of hydrogen-bond acceptors (Lipinski definition) is 5. The topological polar surface area (TPSA) is 94.0 Å². The van der Waals surface area contributed by atoms with E-state index < -0.39 is 6.04 Å². The van der Waals surface area contributed by atoms with Gasteiger partial charge in [0.25, 0.3) is 0 Å². The molecule has 1 rings (SSSR count). The molecule has 0 aromatic carbocycles. The average molecular weight is 184 g/mol. The number of nitrogens with two attached hydrogens (primary N) is 1. The fourth-order valence-corrected chi connectivity index (χ4v) is 0.731. The summed E-state index contributed by atoms with van der Waals surface area (Å²) in [5.41, 5.74) is 5.47. The van der Waals surface area contributed by atoms with E-state index in [-0.39, 0.29) is 11.9 Å². The van der Waals surface area contributed by atoms with Gasteiger partial charge < -0.3 is 10.2 Å². The fourth-order valence-electron chi connectivity index (χ4n) is 0.731. The molecule has 0 saturated heterocycles. The molecule has 3 N–H and O–H groups in total. The van der Waals surface area contributed by atoms with Crippen LogP contribution in [0.5, 0.6) is 0 Å². The van der Waals surface area contributed by atoms with Crippen molar-refractivity contribution in [2.45, 2.75) is 26.3 Å². The van der Waals surface area contributed by atoms with Crippen LogP contribution >= 0.6 is 0 Å². The number of carbonyl (C=O) groups is 1. The highest BCUT2D eigenvalue weighted by Crippen LogP contribution is 2.04. The summed E-state index contributed by atoms with van der Waals surface area (Å²) in [7, 11) is 0. The number of nitrogens with zero attached hydrogens (tertiary/aromatic N) is 2. The molecule has 6 nitrogen and oxygen atoms in total. The van der Waals surface area contributed by atoms with Gasteiger partial charge in [-0.05, 0) is 6.42 Å². The van der Waals surface area contributed by atoms with Gasteiger partial charge in [0, 0.05) is 6.92 Å². The van der Waals surface area contributed by atoms with Crippen molar-refractivity contribution in [2.24, 2.45) is 5.73 Å². The van der Waals surface area contributed by atoms with Gasteiger partial charge in [-0.3, -0.25) is 10.1 Å². The molecule has 0 bridgehead atoms. The quantitative estimate of drug-likeness (QED) is 0.692.